The van der Waals surface area contributed by atoms with Crippen molar-refractivity contribution in [3.8, 4) is 11.5 Å². The molecule has 1 aromatic carbocycles. The normalized spacial score (nSPS) is 12.2. The molecule has 0 atom stereocenters. The first-order valence-corrected chi connectivity index (χ1v) is 9.96. The van der Waals surface area contributed by atoms with Crippen molar-refractivity contribution in [2.75, 3.05) is 28.2 Å². The summed E-state index contributed by atoms with van der Waals surface area (Å²) in [5.41, 5.74) is 0.0727. The number of aromatic hydroxyl groups is 1. The number of hydrogen-bond acceptors (Lipinski definition) is 6. The molecule has 4 rings (SSSR count). The molecule has 0 bridgehead atoms. The SMILES string of the molecule is CN(C)C(=O)C1=Cn2c(=O)c(C(=O)N(C)C)c(O)c3ncc(Cc4ccc(F)cc4)c(c32)O1. The molecule has 1 aliphatic heterocycles. The number of benzene rings is 1. The second-order valence-corrected chi connectivity index (χ2v) is 8.01. The van der Waals surface area contributed by atoms with E-state index in [2.05, 4.69) is 4.98 Å². The van der Waals surface area contributed by atoms with E-state index in [1.54, 1.807) is 12.1 Å². The van der Waals surface area contributed by atoms with Gasteiger partial charge in [-0.1, -0.05) is 12.1 Å². The van der Waals surface area contributed by atoms with Gasteiger partial charge in [0, 0.05) is 46.4 Å². The van der Waals surface area contributed by atoms with Gasteiger partial charge in [-0.3, -0.25) is 23.9 Å². The van der Waals surface area contributed by atoms with Gasteiger partial charge in [0.05, 0.1) is 6.20 Å². The van der Waals surface area contributed by atoms with Gasteiger partial charge in [0.25, 0.3) is 17.4 Å². The predicted octanol–water partition coefficient (Wildman–Crippen LogP) is 1.81. The van der Waals surface area contributed by atoms with Gasteiger partial charge in [0.15, 0.2) is 11.5 Å². The third kappa shape index (κ3) is 3.69. The molecule has 0 saturated heterocycles. The van der Waals surface area contributed by atoms with Crippen molar-refractivity contribution in [1.82, 2.24) is 19.4 Å². The van der Waals surface area contributed by atoms with Crippen molar-refractivity contribution in [2.24, 2.45) is 0 Å². The van der Waals surface area contributed by atoms with Crippen molar-refractivity contribution in [2.45, 2.75) is 6.42 Å². The number of ether oxygens (including phenoxy) is 1. The van der Waals surface area contributed by atoms with Gasteiger partial charge in [-0.15, -0.1) is 0 Å². The predicted molar refractivity (Wildman–Crippen MR) is 118 cm³/mol. The summed E-state index contributed by atoms with van der Waals surface area (Å²) in [5.74, 6) is -2.16. The van der Waals surface area contributed by atoms with Crippen LogP contribution in [0, 0.1) is 5.82 Å². The maximum atomic E-state index is 13.3. The molecule has 3 heterocycles. The standard InChI is InChI=1S/C23H21FN4O5/c1-26(2)21(30)15-11-28-18-17(19(29)16(23(28)32)22(31)27(3)4)25-10-13(20(18)33-15)9-12-5-7-14(24)8-6-12/h5-8,10-11,29H,9H2,1-4H3. The summed E-state index contributed by atoms with van der Waals surface area (Å²) in [4.78, 5) is 45.3. The number of carbonyl (C=O) groups is 2. The molecule has 2 aromatic heterocycles. The molecule has 0 saturated carbocycles. The van der Waals surface area contributed by atoms with E-state index in [-0.39, 0.29) is 34.8 Å². The van der Waals surface area contributed by atoms with Gasteiger partial charge in [-0.2, -0.15) is 0 Å². The Morgan fingerprint density at radius 2 is 1.73 bits per heavy atom. The van der Waals surface area contributed by atoms with E-state index < -0.39 is 28.7 Å². The average Bonchev–Trinajstić information content (AvgIpc) is 2.78. The third-order valence-corrected chi connectivity index (χ3v) is 5.22. The topological polar surface area (TPSA) is 105 Å². The summed E-state index contributed by atoms with van der Waals surface area (Å²) >= 11 is 0. The summed E-state index contributed by atoms with van der Waals surface area (Å²) in [6, 6.07) is 5.83. The van der Waals surface area contributed by atoms with Crippen LogP contribution < -0.4 is 10.3 Å². The summed E-state index contributed by atoms with van der Waals surface area (Å²) in [7, 11) is 5.97. The molecule has 0 aliphatic carbocycles. The Morgan fingerprint density at radius 1 is 1.09 bits per heavy atom. The van der Waals surface area contributed by atoms with E-state index in [9.17, 15) is 23.9 Å². The highest BCUT2D eigenvalue weighted by Gasteiger charge is 2.31. The number of likely N-dealkylation sites (N-methyl/N-ethyl adjacent to an activating group) is 1. The largest absolute Gasteiger partial charge is 0.505 e. The monoisotopic (exact) mass is 452 g/mol. The number of aromatic nitrogens is 2. The Labute approximate surface area is 187 Å². The second kappa shape index (κ2) is 8.05. The number of halogens is 1. The maximum Gasteiger partial charge on any atom is 0.290 e. The molecule has 1 N–H and O–H groups in total. The summed E-state index contributed by atoms with van der Waals surface area (Å²) in [6.45, 7) is 0. The third-order valence-electron chi connectivity index (χ3n) is 5.22. The lowest BCUT2D eigenvalue weighted by Gasteiger charge is -2.24. The van der Waals surface area contributed by atoms with E-state index in [0.717, 1.165) is 15.0 Å². The first-order chi connectivity index (χ1) is 15.6. The summed E-state index contributed by atoms with van der Waals surface area (Å²) < 4.78 is 20.3. The van der Waals surface area contributed by atoms with Crippen LogP contribution in [0.2, 0.25) is 0 Å². The molecule has 170 valence electrons. The zero-order chi connectivity index (χ0) is 24.0. The van der Waals surface area contributed by atoms with Crippen LogP contribution in [0.4, 0.5) is 4.39 Å². The van der Waals surface area contributed by atoms with Gasteiger partial charge >= 0.3 is 0 Å². The van der Waals surface area contributed by atoms with Crippen molar-refractivity contribution in [3.05, 3.63) is 69.1 Å². The van der Waals surface area contributed by atoms with E-state index in [4.69, 9.17) is 4.74 Å². The van der Waals surface area contributed by atoms with Gasteiger partial charge in [-0.25, -0.2) is 4.39 Å². The Balaban J connectivity index is 2.01. The number of rotatable bonds is 4. The van der Waals surface area contributed by atoms with Crippen LogP contribution in [0.5, 0.6) is 11.5 Å². The van der Waals surface area contributed by atoms with E-state index in [0.29, 0.717) is 5.56 Å². The minimum Gasteiger partial charge on any atom is -0.505 e. The second-order valence-electron chi connectivity index (χ2n) is 8.01. The minimum atomic E-state index is -0.812. The van der Waals surface area contributed by atoms with Crippen LogP contribution >= 0.6 is 0 Å². The molecule has 3 aromatic rings. The Morgan fingerprint density at radius 3 is 2.33 bits per heavy atom. The Kier molecular flexibility index (Phi) is 5.36. The van der Waals surface area contributed by atoms with Crippen molar-refractivity contribution < 1.29 is 23.8 Å². The molecule has 0 fully saturated rings. The molecule has 9 nitrogen and oxygen atoms in total. The van der Waals surface area contributed by atoms with Crippen molar-refractivity contribution >= 4 is 29.0 Å². The number of pyridine rings is 2. The molecule has 2 amide bonds. The highest BCUT2D eigenvalue weighted by molar-refractivity contribution is 6.04. The van der Waals surface area contributed by atoms with Gasteiger partial charge in [-0.05, 0) is 17.7 Å². The van der Waals surface area contributed by atoms with Crippen LogP contribution in [0.1, 0.15) is 21.5 Å². The lowest BCUT2D eigenvalue weighted by atomic mass is 10.0. The molecule has 0 radical (unpaired) electrons. The number of nitrogens with zero attached hydrogens (tertiary/aromatic N) is 4. The molecule has 0 unspecified atom stereocenters. The van der Waals surface area contributed by atoms with Crippen LogP contribution in [-0.2, 0) is 11.2 Å². The smallest absolute Gasteiger partial charge is 0.290 e. The molecule has 33 heavy (non-hydrogen) atoms. The van der Waals surface area contributed by atoms with Crippen molar-refractivity contribution in [1.29, 1.82) is 0 Å². The van der Waals surface area contributed by atoms with E-state index >= 15 is 0 Å². The fourth-order valence-electron chi connectivity index (χ4n) is 3.53. The first-order valence-electron chi connectivity index (χ1n) is 9.96. The van der Waals surface area contributed by atoms with Gasteiger partial charge in [0.1, 0.15) is 22.4 Å². The first kappa shape index (κ1) is 22.0. The molecule has 0 spiro atoms. The number of hydrogen-bond donors (Lipinski definition) is 1. The van der Waals surface area contributed by atoms with Gasteiger partial charge < -0.3 is 19.6 Å². The summed E-state index contributed by atoms with van der Waals surface area (Å²) in [6.07, 6.45) is 2.88. The summed E-state index contributed by atoms with van der Waals surface area (Å²) in [5, 5.41) is 10.8. The van der Waals surface area contributed by atoms with E-state index in [1.807, 2.05) is 0 Å². The van der Waals surface area contributed by atoms with Crippen molar-refractivity contribution in [3.63, 3.8) is 0 Å². The molecule has 1 aliphatic rings. The molecule has 10 heteroatoms. The van der Waals surface area contributed by atoms with Gasteiger partial charge in [0.2, 0.25) is 5.76 Å². The zero-order valence-electron chi connectivity index (χ0n) is 18.4. The highest BCUT2D eigenvalue weighted by atomic mass is 19.1. The lowest BCUT2D eigenvalue weighted by molar-refractivity contribution is -0.126. The average molecular weight is 452 g/mol. The quantitative estimate of drug-likeness (QED) is 0.648. The molecular formula is C23H21FN4O5. The van der Waals surface area contributed by atoms with Crippen LogP contribution in [0.25, 0.3) is 17.2 Å². The number of amides is 2. The van der Waals surface area contributed by atoms with Crippen LogP contribution in [0.15, 0.2) is 41.0 Å². The Hall–Kier alpha value is -4.21. The highest BCUT2D eigenvalue weighted by Crippen LogP contribution is 2.38. The maximum absolute atomic E-state index is 13.3. The zero-order valence-corrected chi connectivity index (χ0v) is 18.4. The van der Waals surface area contributed by atoms with E-state index in [1.165, 1.54) is 57.6 Å². The number of carbonyl (C=O) groups excluding carboxylic acids is 2. The van der Waals surface area contributed by atoms with Crippen LogP contribution in [-0.4, -0.2) is 64.5 Å². The molecular weight excluding hydrogens is 431 g/mol. The lowest BCUT2D eigenvalue weighted by Crippen LogP contribution is -2.34. The fraction of sp³-hybridized carbons (Fsp3) is 0.217. The Bertz CT molecular complexity index is 1390. The minimum absolute atomic E-state index is 0.0229. The van der Waals surface area contributed by atoms with Crippen LogP contribution in [0.3, 0.4) is 0 Å². The fourth-order valence-corrected chi connectivity index (χ4v) is 3.53.